The fraction of sp³-hybridized carbons (Fsp3) is 0.769. The zero-order chi connectivity index (χ0) is 13.9. The van der Waals surface area contributed by atoms with Gasteiger partial charge in [-0.1, -0.05) is 20.8 Å². The van der Waals surface area contributed by atoms with E-state index in [9.17, 15) is 8.42 Å². The molecule has 0 amide bonds. The summed E-state index contributed by atoms with van der Waals surface area (Å²) in [5, 5.41) is 6.39. The average molecular weight is 283 g/mol. The fourth-order valence-electron chi connectivity index (χ4n) is 4.03. The number of rotatable bonds is 3. The van der Waals surface area contributed by atoms with E-state index in [4.69, 9.17) is 0 Å². The van der Waals surface area contributed by atoms with Crippen molar-refractivity contribution in [2.45, 2.75) is 51.1 Å². The summed E-state index contributed by atoms with van der Waals surface area (Å²) in [5.41, 5.74) is 0.249. The summed E-state index contributed by atoms with van der Waals surface area (Å²) in [4.78, 5) is 0. The van der Waals surface area contributed by atoms with E-state index in [1.165, 1.54) is 18.7 Å². The van der Waals surface area contributed by atoms with Crippen molar-refractivity contribution in [2.24, 2.45) is 16.7 Å². The molecule has 2 saturated carbocycles. The minimum atomic E-state index is -3.48. The molecule has 3 unspecified atom stereocenters. The lowest BCUT2D eigenvalue weighted by molar-refractivity contribution is 0.130. The number of H-pyrrole nitrogens is 1. The van der Waals surface area contributed by atoms with Crippen LogP contribution in [0, 0.1) is 16.7 Å². The van der Waals surface area contributed by atoms with Gasteiger partial charge < -0.3 is 0 Å². The van der Waals surface area contributed by atoms with Gasteiger partial charge in [-0.15, -0.1) is 0 Å². The molecule has 1 aromatic heterocycles. The largest absolute Gasteiger partial charge is 0.266 e. The van der Waals surface area contributed by atoms with Gasteiger partial charge in [-0.2, -0.15) is 5.10 Å². The summed E-state index contributed by atoms with van der Waals surface area (Å²) < 4.78 is 27.5. The van der Waals surface area contributed by atoms with Crippen LogP contribution in [-0.4, -0.2) is 24.7 Å². The molecular formula is C13H21N3O2S. The highest BCUT2D eigenvalue weighted by Gasteiger charge is 2.61. The van der Waals surface area contributed by atoms with Gasteiger partial charge in [0, 0.05) is 6.04 Å². The second kappa shape index (κ2) is 3.82. The molecule has 3 rings (SSSR count). The first-order chi connectivity index (χ1) is 8.77. The number of aromatic nitrogens is 2. The Morgan fingerprint density at radius 2 is 2.16 bits per heavy atom. The second-order valence-electron chi connectivity index (χ2n) is 6.71. The Kier molecular flexibility index (Phi) is 2.64. The Hall–Kier alpha value is -0.880. The average Bonchev–Trinajstić information content (AvgIpc) is 2.95. The molecule has 0 spiro atoms. The van der Waals surface area contributed by atoms with Gasteiger partial charge in [-0.3, -0.25) is 5.10 Å². The SMILES string of the molecule is CC1(C)C2CCC1(C)C(NS(=O)(=O)c1ccn[nH]1)C2. The molecule has 2 aliphatic carbocycles. The second-order valence-corrected chi connectivity index (χ2v) is 8.39. The number of hydrogen-bond acceptors (Lipinski definition) is 3. The molecule has 0 saturated heterocycles. The molecule has 19 heavy (non-hydrogen) atoms. The van der Waals surface area contributed by atoms with Crippen molar-refractivity contribution in [1.29, 1.82) is 0 Å². The van der Waals surface area contributed by atoms with Crippen LogP contribution < -0.4 is 4.72 Å². The van der Waals surface area contributed by atoms with E-state index < -0.39 is 10.0 Å². The molecular weight excluding hydrogens is 262 g/mol. The Bertz CT molecular complexity index is 579. The van der Waals surface area contributed by atoms with E-state index in [1.807, 2.05) is 0 Å². The Morgan fingerprint density at radius 3 is 2.63 bits per heavy atom. The molecule has 106 valence electrons. The summed E-state index contributed by atoms with van der Waals surface area (Å²) in [6.07, 6.45) is 4.71. The van der Waals surface area contributed by atoms with Gasteiger partial charge in [0.1, 0.15) is 0 Å². The van der Waals surface area contributed by atoms with Crippen molar-refractivity contribution < 1.29 is 8.42 Å². The van der Waals surface area contributed by atoms with Gasteiger partial charge in [0.25, 0.3) is 10.0 Å². The quantitative estimate of drug-likeness (QED) is 0.889. The normalized spacial score (nSPS) is 36.8. The fourth-order valence-corrected chi connectivity index (χ4v) is 5.30. The van der Waals surface area contributed by atoms with E-state index in [2.05, 4.69) is 35.7 Å². The topological polar surface area (TPSA) is 74.8 Å². The number of hydrogen-bond donors (Lipinski definition) is 2. The summed E-state index contributed by atoms with van der Waals surface area (Å²) in [5.74, 6) is 0.618. The minimum Gasteiger partial charge on any atom is -0.266 e. The van der Waals surface area contributed by atoms with Crippen molar-refractivity contribution in [1.82, 2.24) is 14.9 Å². The highest BCUT2D eigenvalue weighted by Crippen LogP contribution is 2.65. The molecule has 2 aliphatic rings. The zero-order valence-corrected chi connectivity index (χ0v) is 12.4. The maximum absolute atomic E-state index is 12.3. The van der Waals surface area contributed by atoms with Crippen LogP contribution in [0.25, 0.3) is 0 Å². The summed E-state index contributed by atoms with van der Waals surface area (Å²) in [7, 11) is -3.48. The van der Waals surface area contributed by atoms with E-state index >= 15 is 0 Å². The third-order valence-corrected chi connectivity index (χ3v) is 7.26. The smallest absolute Gasteiger partial charge is 0.257 e. The lowest BCUT2D eigenvalue weighted by atomic mass is 9.69. The van der Waals surface area contributed by atoms with Gasteiger partial charge in [0.05, 0.1) is 6.20 Å². The summed E-state index contributed by atoms with van der Waals surface area (Å²) in [6, 6.07) is 1.51. The molecule has 2 N–H and O–H groups in total. The molecule has 2 bridgehead atoms. The van der Waals surface area contributed by atoms with Crippen LogP contribution in [-0.2, 0) is 10.0 Å². The van der Waals surface area contributed by atoms with Gasteiger partial charge in [0.2, 0.25) is 0 Å². The molecule has 0 aromatic carbocycles. The van der Waals surface area contributed by atoms with Crippen molar-refractivity contribution in [3.8, 4) is 0 Å². The minimum absolute atomic E-state index is 0.0227. The van der Waals surface area contributed by atoms with Gasteiger partial charge in [-0.05, 0) is 42.1 Å². The highest BCUT2D eigenvalue weighted by atomic mass is 32.2. The predicted molar refractivity (Wildman–Crippen MR) is 71.9 cm³/mol. The lowest BCUT2D eigenvalue weighted by Crippen LogP contribution is -2.46. The first-order valence-electron chi connectivity index (χ1n) is 6.79. The number of fused-ring (bicyclic) bond motifs is 2. The van der Waals surface area contributed by atoms with Gasteiger partial charge in [0.15, 0.2) is 5.03 Å². The molecule has 0 radical (unpaired) electrons. The first kappa shape index (κ1) is 13.1. The Balaban J connectivity index is 1.87. The molecule has 0 aliphatic heterocycles. The van der Waals surface area contributed by atoms with Crippen LogP contribution in [0.2, 0.25) is 0 Å². The molecule has 1 aromatic rings. The number of nitrogens with zero attached hydrogens (tertiary/aromatic N) is 1. The standard InChI is InChI=1S/C13H21N3O2S/c1-12(2)9-4-6-13(12,3)10(8-9)16-19(17,18)11-5-7-14-15-11/h5,7,9-10,16H,4,6,8H2,1-3H3,(H,14,15). The summed E-state index contributed by atoms with van der Waals surface area (Å²) >= 11 is 0. The monoisotopic (exact) mass is 283 g/mol. The summed E-state index contributed by atoms with van der Waals surface area (Å²) in [6.45, 7) is 6.77. The maximum atomic E-state index is 12.3. The van der Waals surface area contributed by atoms with Crippen LogP contribution in [0.3, 0.4) is 0 Å². The molecule has 2 fully saturated rings. The number of sulfonamides is 1. The van der Waals surface area contributed by atoms with Crippen LogP contribution in [0.15, 0.2) is 17.3 Å². The zero-order valence-electron chi connectivity index (χ0n) is 11.6. The van der Waals surface area contributed by atoms with Gasteiger partial charge in [-0.25, -0.2) is 13.1 Å². The Morgan fingerprint density at radius 1 is 1.42 bits per heavy atom. The van der Waals surface area contributed by atoms with E-state index in [0.717, 1.165) is 12.8 Å². The first-order valence-corrected chi connectivity index (χ1v) is 8.27. The van der Waals surface area contributed by atoms with Crippen LogP contribution in [0.5, 0.6) is 0 Å². The molecule has 6 heteroatoms. The third kappa shape index (κ3) is 1.69. The lowest BCUT2D eigenvalue weighted by Gasteiger charge is -2.39. The van der Waals surface area contributed by atoms with Crippen molar-refractivity contribution in [3.63, 3.8) is 0 Å². The Labute approximate surface area is 114 Å². The van der Waals surface area contributed by atoms with Crippen molar-refractivity contribution >= 4 is 10.0 Å². The highest BCUT2D eigenvalue weighted by molar-refractivity contribution is 7.89. The van der Waals surface area contributed by atoms with E-state index in [-0.39, 0.29) is 21.9 Å². The third-order valence-electron chi connectivity index (χ3n) is 5.86. The molecule has 1 heterocycles. The van der Waals surface area contributed by atoms with E-state index in [1.54, 1.807) is 0 Å². The van der Waals surface area contributed by atoms with Crippen LogP contribution in [0.1, 0.15) is 40.0 Å². The van der Waals surface area contributed by atoms with Crippen molar-refractivity contribution in [2.75, 3.05) is 0 Å². The number of aromatic amines is 1. The van der Waals surface area contributed by atoms with E-state index in [0.29, 0.717) is 5.92 Å². The van der Waals surface area contributed by atoms with Crippen LogP contribution >= 0.6 is 0 Å². The van der Waals surface area contributed by atoms with Gasteiger partial charge >= 0.3 is 0 Å². The van der Waals surface area contributed by atoms with Crippen molar-refractivity contribution in [3.05, 3.63) is 12.3 Å². The number of nitrogens with one attached hydrogen (secondary N) is 2. The molecule has 5 nitrogen and oxygen atoms in total. The molecule has 3 atom stereocenters. The maximum Gasteiger partial charge on any atom is 0.257 e. The van der Waals surface area contributed by atoms with Crippen LogP contribution in [0.4, 0.5) is 0 Å². The predicted octanol–water partition coefficient (Wildman–Crippen LogP) is 1.90.